The zero-order valence-electron chi connectivity index (χ0n) is 21.6. The summed E-state index contributed by atoms with van der Waals surface area (Å²) in [4.78, 5) is 44.0. The first-order valence-electron chi connectivity index (χ1n) is 13.4. The number of cyclic esters (lactones) is 1. The molecule has 0 radical (unpaired) electrons. The number of hydrogen-bond donors (Lipinski definition) is 3. The Labute approximate surface area is 222 Å². The van der Waals surface area contributed by atoms with Crippen LogP contribution in [-0.4, -0.2) is 37.7 Å². The average molecular weight is 534 g/mol. The molecule has 0 unspecified atom stereocenters. The number of fused-ring (bicyclic) bond motifs is 5. The van der Waals surface area contributed by atoms with Crippen LogP contribution < -0.4 is 10.9 Å². The van der Waals surface area contributed by atoms with Crippen LogP contribution in [0.2, 0.25) is 0 Å². The summed E-state index contributed by atoms with van der Waals surface area (Å²) >= 11 is 0. The van der Waals surface area contributed by atoms with Crippen LogP contribution in [0.15, 0.2) is 16.9 Å². The Bertz CT molecular complexity index is 1690. The molecule has 9 nitrogen and oxygen atoms in total. The molecule has 3 N–H and O–H groups in total. The minimum Gasteiger partial charge on any atom is -0.458 e. The first kappa shape index (κ1) is 24.4. The highest BCUT2D eigenvalue weighted by Crippen LogP contribution is 2.46. The van der Waals surface area contributed by atoms with E-state index in [-0.39, 0.29) is 48.0 Å². The third-order valence-electron chi connectivity index (χ3n) is 9.03. The maximum Gasteiger partial charge on any atom is 0.343 e. The van der Waals surface area contributed by atoms with Crippen LogP contribution in [0.4, 0.5) is 4.39 Å². The lowest BCUT2D eigenvalue weighted by Gasteiger charge is -2.31. The van der Waals surface area contributed by atoms with Crippen LogP contribution in [0.1, 0.15) is 72.0 Å². The van der Waals surface area contributed by atoms with Crippen LogP contribution in [0.3, 0.4) is 0 Å². The number of carbonyl (C=O) groups excluding carboxylic acids is 2. The SMILES string of the molecule is CC[C@@]1(O)C(=O)OCc2c1cc1n(c2=O)Cc2c-1nc1cc(F)c(C)c3c1c2[C@@H](NC(=O)[C@H](O)C1CC1)CC3. The third-order valence-corrected chi connectivity index (χ3v) is 9.03. The Kier molecular flexibility index (Phi) is 5.13. The molecule has 0 saturated heterocycles. The van der Waals surface area contributed by atoms with Crippen LogP contribution in [0, 0.1) is 18.7 Å². The summed E-state index contributed by atoms with van der Waals surface area (Å²) in [5, 5.41) is 25.4. The number of halogens is 1. The fourth-order valence-electron chi connectivity index (χ4n) is 6.58. The Balaban J connectivity index is 1.46. The Morgan fingerprint density at radius 3 is 2.74 bits per heavy atom. The smallest absolute Gasteiger partial charge is 0.343 e. The van der Waals surface area contributed by atoms with Gasteiger partial charge in [0.2, 0.25) is 5.91 Å². The van der Waals surface area contributed by atoms with Crippen molar-refractivity contribution in [1.29, 1.82) is 0 Å². The van der Waals surface area contributed by atoms with Gasteiger partial charge in [0.15, 0.2) is 5.60 Å². The lowest BCUT2D eigenvalue weighted by atomic mass is 9.81. The fraction of sp³-hybridized carbons (Fsp3) is 0.448. The van der Waals surface area contributed by atoms with Gasteiger partial charge in [-0.05, 0) is 67.7 Å². The second-order valence-electron chi connectivity index (χ2n) is 11.2. The van der Waals surface area contributed by atoms with Gasteiger partial charge >= 0.3 is 5.97 Å². The number of aryl methyl sites for hydroxylation is 1. The van der Waals surface area contributed by atoms with Crippen molar-refractivity contribution >= 4 is 22.8 Å². The summed E-state index contributed by atoms with van der Waals surface area (Å²) in [6.45, 7) is 3.30. The summed E-state index contributed by atoms with van der Waals surface area (Å²) in [7, 11) is 0. The number of benzene rings is 1. The van der Waals surface area contributed by atoms with Gasteiger partial charge < -0.3 is 24.8 Å². The molecule has 3 atom stereocenters. The standard InChI is InChI=1S/C29H28FN3O6/c1-3-29(38)17-8-21-24-15(10-33(21)27(36)16(17)11-39-28(29)37)23-19(32-26(35)25(34)13-4-5-13)7-6-14-12(2)18(30)9-20(31-24)22(14)23/h8-9,13,19,25,34,38H,3-7,10-11H2,1-2H3,(H,32,35)/t19-,25+,29-/m0/s1. The van der Waals surface area contributed by atoms with Gasteiger partial charge in [0.1, 0.15) is 18.5 Å². The molecule has 202 valence electrons. The fourth-order valence-corrected chi connectivity index (χ4v) is 6.58. The number of hydrogen-bond acceptors (Lipinski definition) is 7. The molecule has 0 spiro atoms. The van der Waals surface area contributed by atoms with E-state index >= 15 is 4.39 Å². The molecule has 2 aromatic heterocycles. The van der Waals surface area contributed by atoms with Crippen molar-refractivity contribution in [3.8, 4) is 11.4 Å². The second kappa shape index (κ2) is 8.19. The zero-order valence-corrected chi connectivity index (χ0v) is 21.6. The van der Waals surface area contributed by atoms with Crippen molar-refractivity contribution in [3.05, 3.63) is 61.7 Å². The average Bonchev–Trinajstić information content (AvgIpc) is 3.71. The monoisotopic (exact) mass is 533 g/mol. The molecule has 39 heavy (non-hydrogen) atoms. The van der Waals surface area contributed by atoms with Gasteiger partial charge in [-0.3, -0.25) is 9.59 Å². The molecule has 1 saturated carbocycles. The maximum absolute atomic E-state index is 15.0. The number of aliphatic hydroxyl groups excluding tert-OH is 1. The van der Waals surface area contributed by atoms with Crippen LogP contribution >= 0.6 is 0 Å². The van der Waals surface area contributed by atoms with Crippen molar-refractivity contribution in [2.75, 3.05) is 0 Å². The van der Waals surface area contributed by atoms with Gasteiger partial charge in [-0.1, -0.05) is 6.92 Å². The number of nitrogens with zero attached hydrogens (tertiary/aromatic N) is 2. The van der Waals surface area contributed by atoms with Crippen LogP contribution in [-0.2, 0) is 39.5 Å². The Hall–Kier alpha value is -3.63. The second-order valence-corrected chi connectivity index (χ2v) is 11.2. The molecule has 4 heterocycles. The van der Waals surface area contributed by atoms with Gasteiger partial charge in [-0.2, -0.15) is 0 Å². The minimum atomic E-state index is -1.96. The van der Waals surface area contributed by atoms with Crippen LogP contribution in [0.5, 0.6) is 0 Å². The van der Waals surface area contributed by atoms with E-state index in [2.05, 4.69) is 5.32 Å². The normalized spacial score (nSPS) is 23.6. The lowest BCUT2D eigenvalue weighted by molar-refractivity contribution is -0.172. The summed E-state index contributed by atoms with van der Waals surface area (Å²) in [5.74, 6) is -1.65. The Morgan fingerprint density at radius 2 is 2.03 bits per heavy atom. The first-order valence-corrected chi connectivity index (χ1v) is 13.4. The molecule has 2 aliphatic carbocycles. The summed E-state index contributed by atoms with van der Waals surface area (Å²) < 4.78 is 21.7. The minimum absolute atomic E-state index is 0.0241. The van der Waals surface area contributed by atoms with Crippen LogP contribution in [0.25, 0.3) is 22.3 Å². The lowest BCUT2D eigenvalue weighted by Crippen LogP contribution is -2.44. The van der Waals surface area contributed by atoms with E-state index in [4.69, 9.17) is 9.72 Å². The summed E-state index contributed by atoms with van der Waals surface area (Å²) in [5.41, 5.74) is 2.21. The van der Waals surface area contributed by atoms with Gasteiger partial charge in [0, 0.05) is 22.6 Å². The number of amides is 1. The number of rotatable bonds is 4. The summed E-state index contributed by atoms with van der Waals surface area (Å²) in [6.07, 6.45) is 1.61. The largest absolute Gasteiger partial charge is 0.458 e. The third kappa shape index (κ3) is 3.31. The maximum atomic E-state index is 15.0. The van der Waals surface area contributed by atoms with E-state index in [0.29, 0.717) is 35.3 Å². The van der Waals surface area contributed by atoms with Gasteiger partial charge in [-0.15, -0.1) is 0 Å². The van der Waals surface area contributed by atoms with Crippen molar-refractivity contribution in [3.63, 3.8) is 0 Å². The van der Waals surface area contributed by atoms with Gasteiger partial charge in [0.25, 0.3) is 5.56 Å². The quantitative estimate of drug-likeness (QED) is 0.344. The molecule has 1 aromatic carbocycles. The van der Waals surface area contributed by atoms with E-state index < -0.39 is 29.6 Å². The molecular weight excluding hydrogens is 505 g/mol. The molecule has 2 aliphatic heterocycles. The van der Waals surface area contributed by atoms with E-state index in [0.717, 1.165) is 34.9 Å². The molecule has 10 heteroatoms. The zero-order chi connectivity index (χ0) is 27.4. The number of esters is 1. The highest BCUT2D eigenvalue weighted by molar-refractivity contribution is 5.94. The number of nitrogens with one attached hydrogen (secondary N) is 1. The molecular formula is C29H28FN3O6. The van der Waals surface area contributed by atoms with Crippen molar-refractivity contribution in [2.24, 2.45) is 5.92 Å². The molecule has 1 fully saturated rings. The summed E-state index contributed by atoms with van der Waals surface area (Å²) in [6, 6.07) is 2.54. The number of aliphatic hydroxyl groups is 2. The molecule has 0 bridgehead atoms. The van der Waals surface area contributed by atoms with E-state index in [1.807, 2.05) is 0 Å². The molecule has 4 aliphatic rings. The van der Waals surface area contributed by atoms with Gasteiger partial charge in [-0.25, -0.2) is 14.2 Å². The number of aromatic nitrogens is 2. The number of pyridine rings is 2. The highest BCUT2D eigenvalue weighted by atomic mass is 19.1. The molecule has 7 rings (SSSR count). The van der Waals surface area contributed by atoms with E-state index in [1.165, 1.54) is 10.6 Å². The predicted octanol–water partition coefficient (Wildman–Crippen LogP) is 2.40. The van der Waals surface area contributed by atoms with Crippen molar-refractivity contribution in [1.82, 2.24) is 14.9 Å². The van der Waals surface area contributed by atoms with E-state index in [1.54, 1.807) is 19.9 Å². The topological polar surface area (TPSA) is 131 Å². The van der Waals surface area contributed by atoms with Gasteiger partial charge in [0.05, 0.1) is 35.1 Å². The highest BCUT2D eigenvalue weighted by Gasteiger charge is 2.46. The van der Waals surface area contributed by atoms with Crippen molar-refractivity contribution < 1.29 is 28.9 Å². The number of ether oxygens (including phenoxy) is 1. The van der Waals surface area contributed by atoms with Crippen molar-refractivity contribution in [2.45, 2.75) is 76.9 Å². The molecule has 3 aromatic rings. The Morgan fingerprint density at radius 1 is 1.26 bits per heavy atom. The molecule has 1 amide bonds. The van der Waals surface area contributed by atoms with E-state index in [9.17, 15) is 24.6 Å². The predicted molar refractivity (Wildman–Crippen MR) is 137 cm³/mol. The first-order chi connectivity index (χ1) is 18.6. The number of carbonyl (C=O) groups is 2.